The van der Waals surface area contributed by atoms with Crippen molar-refractivity contribution in [1.82, 2.24) is 19.9 Å². The van der Waals surface area contributed by atoms with Gasteiger partial charge in [0.1, 0.15) is 0 Å². The molecule has 0 bridgehead atoms. The second-order valence-electron chi connectivity index (χ2n) is 5.83. The molecule has 0 radical (unpaired) electrons. The van der Waals surface area contributed by atoms with Crippen molar-refractivity contribution in [3.8, 4) is 10.7 Å². The summed E-state index contributed by atoms with van der Waals surface area (Å²) in [7, 11) is 0. The normalized spacial score (nSPS) is 11.0. The molecule has 8 heteroatoms. The van der Waals surface area contributed by atoms with E-state index in [0.29, 0.717) is 13.0 Å². The van der Waals surface area contributed by atoms with Crippen LogP contribution in [0.2, 0.25) is 0 Å². The van der Waals surface area contributed by atoms with Crippen molar-refractivity contribution in [1.29, 1.82) is 0 Å². The Hall–Kier alpha value is -2.71. The molecule has 4 rings (SSSR count). The van der Waals surface area contributed by atoms with Gasteiger partial charge in [0.05, 0.1) is 10.6 Å². The van der Waals surface area contributed by atoms with Crippen LogP contribution in [0.4, 0.5) is 10.5 Å². The quantitative estimate of drug-likeness (QED) is 0.543. The summed E-state index contributed by atoms with van der Waals surface area (Å²) in [6.07, 6.45) is 0.689. The molecule has 0 aliphatic heterocycles. The van der Waals surface area contributed by atoms with Gasteiger partial charge in [-0.25, -0.2) is 9.31 Å². The number of urea groups is 1. The first-order valence-electron chi connectivity index (χ1n) is 8.17. The lowest BCUT2D eigenvalue weighted by Gasteiger charge is -2.07. The number of thiophene rings is 1. The van der Waals surface area contributed by atoms with Gasteiger partial charge in [0.15, 0.2) is 5.82 Å². The van der Waals surface area contributed by atoms with Crippen LogP contribution in [0.25, 0.3) is 15.7 Å². The topological polar surface area (TPSA) is 71.3 Å². The van der Waals surface area contributed by atoms with Crippen LogP contribution in [0, 0.1) is 6.92 Å². The van der Waals surface area contributed by atoms with Crippen molar-refractivity contribution in [2.45, 2.75) is 13.3 Å². The monoisotopic (exact) mass is 383 g/mol. The SMILES string of the molecule is Cc1ccc(NC(=O)NCCc2csc3nc(-c4cccs4)nn23)cc1. The fraction of sp³-hybridized carbons (Fsp3) is 0.167. The second-order valence-corrected chi connectivity index (χ2v) is 7.62. The van der Waals surface area contributed by atoms with Gasteiger partial charge in [-0.05, 0) is 30.5 Å². The minimum absolute atomic E-state index is 0.210. The van der Waals surface area contributed by atoms with E-state index < -0.39 is 0 Å². The van der Waals surface area contributed by atoms with E-state index in [0.717, 1.165) is 32.6 Å². The van der Waals surface area contributed by atoms with E-state index in [1.807, 2.05) is 58.6 Å². The van der Waals surface area contributed by atoms with Crippen molar-refractivity contribution >= 4 is 39.4 Å². The van der Waals surface area contributed by atoms with Crippen molar-refractivity contribution in [3.63, 3.8) is 0 Å². The number of thiazole rings is 1. The lowest BCUT2D eigenvalue weighted by molar-refractivity contribution is 0.252. The molecule has 1 aromatic carbocycles. The highest BCUT2D eigenvalue weighted by molar-refractivity contribution is 7.15. The molecule has 26 heavy (non-hydrogen) atoms. The largest absolute Gasteiger partial charge is 0.337 e. The van der Waals surface area contributed by atoms with E-state index in [1.165, 1.54) is 0 Å². The minimum atomic E-state index is -0.210. The molecular weight excluding hydrogens is 366 g/mol. The molecule has 2 N–H and O–H groups in total. The first kappa shape index (κ1) is 16.7. The van der Waals surface area contributed by atoms with E-state index in [4.69, 9.17) is 0 Å². The summed E-state index contributed by atoms with van der Waals surface area (Å²) >= 11 is 3.19. The third kappa shape index (κ3) is 3.61. The highest BCUT2D eigenvalue weighted by atomic mass is 32.1. The smallest absolute Gasteiger partial charge is 0.319 e. The van der Waals surface area contributed by atoms with E-state index in [-0.39, 0.29) is 6.03 Å². The molecule has 6 nitrogen and oxygen atoms in total. The molecule has 0 saturated carbocycles. The third-order valence-corrected chi connectivity index (χ3v) is 5.60. The molecule has 4 aromatic rings. The number of nitrogens with zero attached hydrogens (tertiary/aromatic N) is 3. The van der Waals surface area contributed by atoms with Crippen molar-refractivity contribution in [3.05, 3.63) is 58.4 Å². The molecule has 3 heterocycles. The van der Waals surface area contributed by atoms with Crippen LogP contribution in [0.1, 0.15) is 11.3 Å². The van der Waals surface area contributed by atoms with Crippen LogP contribution in [-0.2, 0) is 6.42 Å². The number of hydrogen-bond donors (Lipinski definition) is 2. The molecule has 0 unspecified atom stereocenters. The average molecular weight is 384 g/mol. The molecule has 0 aliphatic rings. The Morgan fingerprint density at radius 3 is 2.81 bits per heavy atom. The summed E-state index contributed by atoms with van der Waals surface area (Å²) in [5, 5.41) is 14.3. The van der Waals surface area contributed by atoms with Gasteiger partial charge >= 0.3 is 6.03 Å². The van der Waals surface area contributed by atoms with Gasteiger partial charge in [-0.1, -0.05) is 23.8 Å². The number of carbonyl (C=O) groups excluding carboxylic acids is 1. The van der Waals surface area contributed by atoms with Crippen LogP contribution in [-0.4, -0.2) is 27.2 Å². The van der Waals surface area contributed by atoms with Crippen LogP contribution in [0.15, 0.2) is 47.2 Å². The van der Waals surface area contributed by atoms with E-state index >= 15 is 0 Å². The number of nitrogens with one attached hydrogen (secondary N) is 2. The predicted molar refractivity (Wildman–Crippen MR) is 106 cm³/mol. The number of carbonyl (C=O) groups is 1. The number of hydrogen-bond acceptors (Lipinski definition) is 5. The maximum Gasteiger partial charge on any atom is 0.319 e. The Bertz CT molecular complexity index is 1020. The highest BCUT2D eigenvalue weighted by Gasteiger charge is 2.12. The van der Waals surface area contributed by atoms with Gasteiger partial charge in [0.25, 0.3) is 0 Å². The molecule has 132 valence electrons. The fourth-order valence-corrected chi connectivity index (χ4v) is 4.03. The molecular formula is C18H17N5OS2. The summed E-state index contributed by atoms with van der Waals surface area (Å²) in [5.41, 5.74) is 2.98. The Balaban J connectivity index is 1.35. The van der Waals surface area contributed by atoms with Gasteiger partial charge < -0.3 is 10.6 Å². The van der Waals surface area contributed by atoms with Gasteiger partial charge in [0, 0.05) is 24.0 Å². The van der Waals surface area contributed by atoms with Crippen LogP contribution in [0.5, 0.6) is 0 Å². The molecule has 2 amide bonds. The summed E-state index contributed by atoms with van der Waals surface area (Å²) in [4.78, 5) is 18.5. The first-order valence-corrected chi connectivity index (χ1v) is 9.93. The lowest BCUT2D eigenvalue weighted by atomic mass is 10.2. The molecule has 0 atom stereocenters. The average Bonchev–Trinajstić information content (AvgIpc) is 3.34. The molecule has 0 aliphatic carbocycles. The minimum Gasteiger partial charge on any atom is -0.337 e. The van der Waals surface area contributed by atoms with Crippen molar-refractivity contribution in [2.75, 3.05) is 11.9 Å². The Kier molecular flexibility index (Phi) is 4.68. The third-order valence-electron chi connectivity index (χ3n) is 3.87. The number of amides is 2. The standard InChI is InChI=1S/C18H17N5OS2/c1-12-4-6-13(7-5-12)20-17(24)19-9-8-14-11-26-18-21-16(22-23(14)18)15-3-2-10-25-15/h2-7,10-11H,8-9H2,1H3,(H2,19,20,24). The zero-order chi connectivity index (χ0) is 17.9. The summed E-state index contributed by atoms with van der Waals surface area (Å²) in [6.45, 7) is 2.54. The maximum absolute atomic E-state index is 12.0. The van der Waals surface area contributed by atoms with E-state index in [1.54, 1.807) is 22.7 Å². The number of benzene rings is 1. The van der Waals surface area contributed by atoms with Gasteiger partial charge in [-0.2, -0.15) is 4.98 Å². The van der Waals surface area contributed by atoms with Crippen LogP contribution in [0.3, 0.4) is 0 Å². The molecule has 0 saturated heterocycles. The number of rotatable bonds is 5. The maximum atomic E-state index is 12.0. The Morgan fingerprint density at radius 1 is 1.19 bits per heavy atom. The van der Waals surface area contributed by atoms with Crippen molar-refractivity contribution in [2.24, 2.45) is 0 Å². The summed E-state index contributed by atoms with van der Waals surface area (Å²) in [5.74, 6) is 0.748. The number of anilines is 1. The Labute approximate surface area is 158 Å². The fourth-order valence-electron chi connectivity index (χ4n) is 2.52. The van der Waals surface area contributed by atoms with Crippen LogP contribution < -0.4 is 10.6 Å². The van der Waals surface area contributed by atoms with Crippen LogP contribution >= 0.6 is 22.7 Å². The molecule has 0 spiro atoms. The Morgan fingerprint density at radius 2 is 2.04 bits per heavy atom. The number of fused-ring (bicyclic) bond motifs is 1. The summed E-state index contributed by atoms with van der Waals surface area (Å²) in [6, 6.07) is 11.5. The van der Waals surface area contributed by atoms with Gasteiger partial charge in [-0.15, -0.1) is 27.8 Å². The van der Waals surface area contributed by atoms with E-state index in [2.05, 4.69) is 20.7 Å². The number of aromatic nitrogens is 3. The van der Waals surface area contributed by atoms with Gasteiger partial charge in [0.2, 0.25) is 4.96 Å². The lowest BCUT2D eigenvalue weighted by Crippen LogP contribution is -2.30. The molecule has 0 fully saturated rings. The molecule has 3 aromatic heterocycles. The van der Waals surface area contributed by atoms with E-state index in [9.17, 15) is 4.79 Å². The summed E-state index contributed by atoms with van der Waals surface area (Å²) < 4.78 is 1.86. The zero-order valence-electron chi connectivity index (χ0n) is 14.1. The predicted octanol–water partition coefficient (Wildman–Crippen LogP) is 4.19. The second kappa shape index (κ2) is 7.27. The zero-order valence-corrected chi connectivity index (χ0v) is 15.7. The first-order chi connectivity index (χ1) is 12.7. The van der Waals surface area contributed by atoms with Crippen molar-refractivity contribution < 1.29 is 4.79 Å². The van der Waals surface area contributed by atoms with Gasteiger partial charge in [-0.3, -0.25) is 0 Å². The number of aryl methyl sites for hydroxylation is 1. The highest BCUT2D eigenvalue weighted by Crippen LogP contribution is 2.24.